The highest BCUT2D eigenvalue weighted by molar-refractivity contribution is 5.98. The van der Waals surface area contributed by atoms with Crippen molar-refractivity contribution in [2.24, 2.45) is 4.99 Å². The van der Waals surface area contributed by atoms with Crippen molar-refractivity contribution in [1.29, 1.82) is 0 Å². The van der Waals surface area contributed by atoms with Crippen LogP contribution in [0.4, 0.5) is 0 Å². The van der Waals surface area contributed by atoms with Crippen molar-refractivity contribution in [2.45, 2.75) is 6.42 Å². The Bertz CT molecular complexity index is 508. The molecule has 2 heterocycles. The van der Waals surface area contributed by atoms with Crippen molar-refractivity contribution < 1.29 is 0 Å². The fraction of sp³-hybridized carbons (Fsp3) is 0.333. The van der Waals surface area contributed by atoms with E-state index < -0.39 is 0 Å². The molecule has 0 bridgehead atoms. The monoisotopic (exact) mass is 214 g/mol. The van der Waals surface area contributed by atoms with Crippen molar-refractivity contribution in [3.05, 3.63) is 30.1 Å². The second-order valence-electron chi connectivity index (χ2n) is 4.08. The van der Waals surface area contributed by atoms with Crippen molar-refractivity contribution in [2.75, 3.05) is 20.1 Å². The van der Waals surface area contributed by atoms with E-state index in [9.17, 15) is 0 Å². The van der Waals surface area contributed by atoms with E-state index in [0.717, 1.165) is 42.2 Å². The van der Waals surface area contributed by atoms with Crippen molar-refractivity contribution in [3.8, 4) is 0 Å². The molecular weight excluding hydrogens is 200 g/mol. The maximum Gasteiger partial charge on any atom is 0.174 e. The first-order chi connectivity index (χ1) is 7.84. The molecule has 2 aromatic rings. The molecular formula is C12H14N4. The summed E-state index contributed by atoms with van der Waals surface area (Å²) in [5.74, 6) is 1.85. The third-order valence-corrected chi connectivity index (χ3v) is 2.88. The molecule has 0 saturated carbocycles. The molecule has 16 heavy (non-hydrogen) atoms. The van der Waals surface area contributed by atoms with Crippen LogP contribution in [-0.2, 0) is 0 Å². The number of aromatic amines is 1. The van der Waals surface area contributed by atoms with Crippen LogP contribution in [0, 0.1) is 0 Å². The largest absolute Gasteiger partial charge is 0.357 e. The number of fused-ring (bicyclic) bond motifs is 1. The van der Waals surface area contributed by atoms with Gasteiger partial charge in [0.05, 0.1) is 11.0 Å². The minimum atomic E-state index is 0.878. The maximum atomic E-state index is 4.56. The number of para-hydroxylation sites is 2. The molecule has 0 fully saturated rings. The van der Waals surface area contributed by atoms with Gasteiger partial charge in [0.1, 0.15) is 0 Å². The number of aromatic nitrogens is 2. The van der Waals surface area contributed by atoms with Gasteiger partial charge in [0.15, 0.2) is 11.7 Å². The third-order valence-electron chi connectivity index (χ3n) is 2.88. The number of benzene rings is 1. The first-order valence-electron chi connectivity index (χ1n) is 5.55. The summed E-state index contributed by atoms with van der Waals surface area (Å²) in [6, 6.07) is 8.06. The summed E-state index contributed by atoms with van der Waals surface area (Å²) in [6.07, 6.45) is 1.13. The molecule has 1 aliphatic heterocycles. The third kappa shape index (κ3) is 1.46. The quantitative estimate of drug-likeness (QED) is 0.784. The molecule has 0 radical (unpaired) electrons. The smallest absolute Gasteiger partial charge is 0.174 e. The van der Waals surface area contributed by atoms with Crippen LogP contribution in [0.15, 0.2) is 29.3 Å². The van der Waals surface area contributed by atoms with Crippen LogP contribution in [0.2, 0.25) is 0 Å². The lowest BCUT2D eigenvalue weighted by Gasteiger charge is -2.23. The number of imidazole rings is 1. The molecule has 0 spiro atoms. The van der Waals surface area contributed by atoms with Crippen LogP contribution < -0.4 is 0 Å². The Kier molecular flexibility index (Phi) is 2.13. The first-order valence-corrected chi connectivity index (χ1v) is 5.55. The molecule has 82 valence electrons. The van der Waals surface area contributed by atoms with Crippen LogP contribution in [0.1, 0.15) is 12.2 Å². The lowest BCUT2D eigenvalue weighted by Crippen LogP contribution is -2.33. The van der Waals surface area contributed by atoms with E-state index in [-0.39, 0.29) is 0 Å². The van der Waals surface area contributed by atoms with Crippen LogP contribution >= 0.6 is 0 Å². The molecule has 0 aliphatic carbocycles. The summed E-state index contributed by atoms with van der Waals surface area (Å²) in [6.45, 7) is 1.95. The maximum absolute atomic E-state index is 4.56. The molecule has 0 saturated heterocycles. The molecule has 1 N–H and O–H groups in total. The van der Waals surface area contributed by atoms with E-state index >= 15 is 0 Å². The lowest BCUT2D eigenvalue weighted by atomic mass is 10.3. The first kappa shape index (κ1) is 9.39. The SMILES string of the molecule is CN1CCCN=C1c1nc2ccccc2[nH]1. The molecule has 0 atom stereocenters. The number of hydrogen-bond acceptors (Lipinski definition) is 3. The number of amidine groups is 1. The van der Waals surface area contributed by atoms with Gasteiger partial charge in [0.25, 0.3) is 0 Å². The standard InChI is InChI=1S/C12H14N4/c1-16-8-4-7-13-12(16)11-14-9-5-2-3-6-10(9)15-11/h2-3,5-6H,4,7-8H2,1H3,(H,14,15). The normalized spacial score (nSPS) is 16.6. The topological polar surface area (TPSA) is 44.3 Å². The number of nitrogens with zero attached hydrogens (tertiary/aromatic N) is 3. The number of H-pyrrole nitrogens is 1. The summed E-state index contributed by atoms with van der Waals surface area (Å²) < 4.78 is 0. The van der Waals surface area contributed by atoms with E-state index in [1.165, 1.54) is 0 Å². The number of aliphatic imine (C=N–C) groups is 1. The van der Waals surface area contributed by atoms with Crippen molar-refractivity contribution >= 4 is 16.9 Å². The van der Waals surface area contributed by atoms with Gasteiger partial charge in [-0.05, 0) is 18.6 Å². The second-order valence-corrected chi connectivity index (χ2v) is 4.08. The zero-order chi connectivity index (χ0) is 11.0. The van der Waals surface area contributed by atoms with Gasteiger partial charge in [-0.3, -0.25) is 4.99 Å². The van der Waals surface area contributed by atoms with Crippen LogP contribution in [0.5, 0.6) is 0 Å². The molecule has 1 aromatic heterocycles. The average Bonchev–Trinajstić information content (AvgIpc) is 2.73. The number of hydrogen-bond donors (Lipinski definition) is 1. The highest BCUT2D eigenvalue weighted by Gasteiger charge is 2.16. The van der Waals surface area contributed by atoms with Gasteiger partial charge in [0, 0.05) is 20.1 Å². The van der Waals surface area contributed by atoms with E-state index in [0.29, 0.717) is 0 Å². The zero-order valence-electron chi connectivity index (χ0n) is 9.27. The van der Waals surface area contributed by atoms with Crippen LogP contribution in [-0.4, -0.2) is 40.8 Å². The van der Waals surface area contributed by atoms with E-state index in [1.807, 2.05) is 24.3 Å². The molecule has 1 aliphatic rings. The predicted octanol–water partition coefficient (Wildman–Crippen LogP) is 1.64. The van der Waals surface area contributed by atoms with Gasteiger partial charge in [-0.25, -0.2) is 4.98 Å². The Hall–Kier alpha value is -1.84. The van der Waals surface area contributed by atoms with Crippen LogP contribution in [0.25, 0.3) is 11.0 Å². The van der Waals surface area contributed by atoms with Gasteiger partial charge in [0.2, 0.25) is 0 Å². The summed E-state index contributed by atoms with van der Waals surface area (Å²) in [5, 5.41) is 0. The minimum Gasteiger partial charge on any atom is -0.357 e. The Labute approximate surface area is 94.0 Å². The van der Waals surface area contributed by atoms with Crippen molar-refractivity contribution in [3.63, 3.8) is 0 Å². The highest BCUT2D eigenvalue weighted by Crippen LogP contribution is 2.13. The fourth-order valence-electron chi connectivity index (χ4n) is 2.03. The van der Waals surface area contributed by atoms with Gasteiger partial charge in [-0.2, -0.15) is 0 Å². The van der Waals surface area contributed by atoms with Crippen LogP contribution in [0.3, 0.4) is 0 Å². The summed E-state index contributed by atoms with van der Waals surface area (Å²) in [4.78, 5) is 14.5. The predicted molar refractivity (Wildman–Crippen MR) is 64.7 cm³/mol. The lowest BCUT2D eigenvalue weighted by molar-refractivity contribution is 0.466. The Morgan fingerprint density at radius 2 is 2.19 bits per heavy atom. The van der Waals surface area contributed by atoms with Crippen molar-refractivity contribution in [1.82, 2.24) is 14.9 Å². The molecule has 0 amide bonds. The molecule has 4 nitrogen and oxygen atoms in total. The van der Waals surface area contributed by atoms with E-state index in [2.05, 4.69) is 26.9 Å². The van der Waals surface area contributed by atoms with E-state index in [4.69, 9.17) is 0 Å². The fourth-order valence-corrected chi connectivity index (χ4v) is 2.03. The summed E-state index contributed by atoms with van der Waals surface area (Å²) in [7, 11) is 2.06. The molecule has 0 unspecified atom stereocenters. The number of nitrogens with one attached hydrogen (secondary N) is 1. The molecule has 3 rings (SSSR count). The molecule has 4 heteroatoms. The zero-order valence-corrected chi connectivity index (χ0v) is 9.27. The summed E-state index contributed by atoms with van der Waals surface area (Å²) >= 11 is 0. The molecule has 1 aromatic carbocycles. The van der Waals surface area contributed by atoms with Gasteiger partial charge >= 0.3 is 0 Å². The Morgan fingerprint density at radius 1 is 1.31 bits per heavy atom. The average molecular weight is 214 g/mol. The van der Waals surface area contributed by atoms with Gasteiger partial charge < -0.3 is 9.88 Å². The van der Waals surface area contributed by atoms with Gasteiger partial charge in [-0.15, -0.1) is 0 Å². The minimum absolute atomic E-state index is 0.878. The van der Waals surface area contributed by atoms with Gasteiger partial charge in [-0.1, -0.05) is 12.1 Å². The second kappa shape index (κ2) is 3.63. The highest BCUT2D eigenvalue weighted by atomic mass is 15.2. The Balaban J connectivity index is 2.08. The number of rotatable bonds is 1. The Morgan fingerprint density at radius 3 is 3.00 bits per heavy atom. The van der Waals surface area contributed by atoms with E-state index in [1.54, 1.807) is 0 Å². The summed E-state index contributed by atoms with van der Waals surface area (Å²) in [5.41, 5.74) is 2.07.